The van der Waals surface area contributed by atoms with Gasteiger partial charge in [-0.25, -0.2) is 13.8 Å². The van der Waals surface area contributed by atoms with Crippen LogP contribution in [-0.4, -0.2) is 17.1 Å². The van der Waals surface area contributed by atoms with E-state index in [1.165, 1.54) is 13.3 Å². The number of para-hydroxylation sites is 2. The zero-order chi connectivity index (χ0) is 16.4. The van der Waals surface area contributed by atoms with Crippen LogP contribution >= 0.6 is 0 Å². The highest BCUT2D eigenvalue weighted by molar-refractivity contribution is 5.73. The van der Waals surface area contributed by atoms with E-state index in [4.69, 9.17) is 0 Å². The number of rotatable bonds is 4. The van der Waals surface area contributed by atoms with Gasteiger partial charge in [0.25, 0.3) is 0 Å². The quantitative estimate of drug-likeness (QED) is 0.746. The van der Waals surface area contributed by atoms with Crippen LogP contribution < -0.4 is 10.1 Å². The molecular formula is C16H12F3N3O. The number of halogens is 3. The molecule has 0 unspecified atom stereocenters. The van der Waals surface area contributed by atoms with Crippen molar-refractivity contribution in [3.8, 4) is 5.75 Å². The summed E-state index contributed by atoms with van der Waals surface area (Å²) in [5.74, 6) is -4.63. The van der Waals surface area contributed by atoms with E-state index in [-0.39, 0.29) is 18.0 Å². The van der Waals surface area contributed by atoms with Gasteiger partial charge in [0.05, 0.1) is 42.3 Å². The summed E-state index contributed by atoms with van der Waals surface area (Å²) in [5, 5.41) is 2.67. The Bertz CT molecular complexity index is 871. The van der Waals surface area contributed by atoms with Crippen LogP contribution in [-0.2, 0) is 6.54 Å². The SMILES string of the molecule is COc1cc(NCc2cnc3ccccc3n2)c(F)c(F)c1F. The normalized spacial score (nSPS) is 10.8. The van der Waals surface area contributed by atoms with Crippen molar-refractivity contribution < 1.29 is 17.9 Å². The predicted molar refractivity (Wildman–Crippen MR) is 79.7 cm³/mol. The largest absolute Gasteiger partial charge is 0.493 e. The van der Waals surface area contributed by atoms with Crippen molar-refractivity contribution in [3.63, 3.8) is 0 Å². The third kappa shape index (κ3) is 2.90. The number of nitrogens with zero attached hydrogens (tertiary/aromatic N) is 2. The van der Waals surface area contributed by atoms with Crippen LogP contribution in [0.1, 0.15) is 5.69 Å². The van der Waals surface area contributed by atoms with Gasteiger partial charge in [-0.3, -0.25) is 4.98 Å². The standard InChI is InChI=1S/C16H12F3N3O/c1-23-13-6-12(14(17)16(19)15(13)18)21-8-9-7-20-10-4-2-3-5-11(10)22-9/h2-7,21H,8H2,1H3. The second-order valence-corrected chi connectivity index (χ2v) is 4.77. The molecule has 0 fully saturated rings. The molecule has 0 radical (unpaired) electrons. The number of anilines is 1. The average Bonchev–Trinajstić information content (AvgIpc) is 2.59. The van der Waals surface area contributed by atoms with E-state index < -0.39 is 17.5 Å². The molecule has 0 saturated heterocycles. The molecule has 1 aromatic heterocycles. The summed E-state index contributed by atoms with van der Waals surface area (Å²) >= 11 is 0. The maximum atomic E-state index is 13.8. The zero-order valence-corrected chi connectivity index (χ0v) is 12.1. The fourth-order valence-corrected chi connectivity index (χ4v) is 2.12. The van der Waals surface area contributed by atoms with Crippen LogP contribution in [0.5, 0.6) is 5.75 Å². The van der Waals surface area contributed by atoms with Gasteiger partial charge < -0.3 is 10.1 Å². The lowest BCUT2D eigenvalue weighted by molar-refractivity contribution is 0.361. The Morgan fingerprint density at radius 2 is 1.78 bits per heavy atom. The highest BCUT2D eigenvalue weighted by atomic mass is 19.2. The number of fused-ring (bicyclic) bond motifs is 1. The summed E-state index contributed by atoms with van der Waals surface area (Å²) in [5.41, 5.74) is 1.74. The molecule has 7 heteroatoms. The van der Waals surface area contributed by atoms with Gasteiger partial charge in [0.2, 0.25) is 5.82 Å². The Hall–Kier alpha value is -2.83. The summed E-state index contributed by atoms with van der Waals surface area (Å²) in [6.45, 7) is 0.100. The average molecular weight is 319 g/mol. The van der Waals surface area contributed by atoms with Crippen LogP contribution in [0.25, 0.3) is 11.0 Å². The number of nitrogens with one attached hydrogen (secondary N) is 1. The lowest BCUT2D eigenvalue weighted by Gasteiger charge is -2.11. The van der Waals surface area contributed by atoms with Crippen molar-refractivity contribution in [2.75, 3.05) is 12.4 Å². The Labute approximate surface area is 129 Å². The Morgan fingerprint density at radius 1 is 1.04 bits per heavy atom. The molecule has 23 heavy (non-hydrogen) atoms. The number of hydrogen-bond donors (Lipinski definition) is 1. The van der Waals surface area contributed by atoms with Gasteiger partial charge >= 0.3 is 0 Å². The number of hydrogen-bond acceptors (Lipinski definition) is 4. The molecule has 0 bridgehead atoms. The van der Waals surface area contributed by atoms with Gasteiger partial charge in [-0.2, -0.15) is 4.39 Å². The highest BCUT2D eigenvalue weighted by Gasteiger charge is 2.19. The summed E-state index contributed by atoms with van der Waals surface area (Å²) < 4.78 is 45.3. The van der Waals surface area contributed by atoms with Crippen LogP contribution in [0.15, 0.2) is 36.5 Å². The lowest BCUT2D eigenvalue weighted by atomic mass is 10.2. The lowest BCUT2D eigenvalue weighted by Crippen LogP contribution is -2.07. The van der Waals surface area contributed by atoms with E-state index in [9.17, 15) is 13.2 Å². The maximum absolute atomic E-state index is 13.8. The molecule has 0 aliphatic heterocycles. The topological polar surface area (TPSA) is 47.0 Å². The molecule has 3 aromatic rings. The Morgan fingerprint density at radius 3 is 2.52 bits per heavy atom. The monoisotopic (exact) mass is 319 g/mol. The van der Waals surface area contributed by atoms with E-state index in [2.05, 4.69) is 20.0 Å². The smallest absolute Gasteiger partial charge is 0.203 e. The fourth-order valence-electron chi connectivity index (χ4n) is 2.12. The molecule has 0 aliphatic carbocycles. The van der Waals surface area contributed by atoms with E-state index >= 15 is 0 Å². The first-order chi connectivity index (χ1) is 11.1. The fraction of sp³-hybridized carbons (Fsp3) is 0.125. The number of benzene rings is 2. The van der Waals surface area contributed by atoms with Gasteiger partial charge in [-0.1, -0.05) is 12.1 Å². The van der Waals surface area contributed by atoms with Crippen molar-refractivity contribution in [1.82, 2.24) is 9.97 Å². The first-order valence-corrected chi connectivity index (χ1v) is 6.76. The summed E-state index contributed by atoms with van der Waals surface area (Å²) in [6, 6.07) is 8.35. The first kappa shape index (κ1) is 15.1. The highest BCUT2D eigenvalue weighted by Crippen LogP contribution is 2.28. The number of methoxy groups -OCH3 is 1. The van der Waals surface area contributed by atoms with Crippen LogP contribution in [0.3, 0.4) is 0 Å². The van der Waals surface area contributed by atoms with E-state index in [1.54, 1.807) is 6.07 Å². The molecule has 1 N–H and O–H groups in total. The van der Waals surface area contributed by atoms with Crippen molar-refractivity contribution in [3.05, 3.63) is 59.7 Å². The van der Waals surface area contributed by atoms with Gasteiger partial charge in [0, 0.05) is 6.07 Å². The molecule has 0 amide bonds. The third-order valence-corrected chi connectivity index (χ3v) is 3.29. The van der Waals surface area contributed by atoms with Crippen molar-refractivity contribution in [1.29, 1.82) is 0 Å². The van der Waals surface area contributed by atoms with E-state index in [0.29, 0.717) is 11.2 Å². The van der Waals surface area contributed by atoms with Crippen molar-refractivity contribution in [2.24, 2.45) is 0 Å². The number of aromatic nitrogens is 2. The van der Waals surface area contributed by atoms with Gasteiger partial charge in [0.1, 0.15) is 0 Å². The van der Waals surface area contributed by atoms with Crippen LogP contribution in [0, 0.1) is 17.5 Å². The van der Waals surface area contributed by atoms with Gasteiger partial charge in [-0.15, -0.1) is 0 Å². The molecule has 0 aliphatic rings. The molecule has 3 rings (SSSR count). The molecule has 4 nitrogen and oxygen atoms in total. The third-order valence-electron chi connectivity index (χ3n) is 3.29. The molecule has 1 heterocycles. The van der Waals surface area contributed by atoms with Gasteiger partial charge in [-0.05, 0) is 12.1 Å². The first-order valence-electron chi connectivity index (χ1n) is 6.76. The molecule has 0 saturated carbocycles. The summed E-state index contributed by atoms with van der Waals surface area (Å²) in [7, 11) is 1.17. The molecule has 0 atom stereocenters. The van der Waals surface area contributed by atoms with Crippen molar-refractivity contribution >= 4 is 16.7 Å². The zero-order valence-electron chi connectivity index (χ0n) is 12.1. The summed E-state index contributed by atoms with van der Waals surface area (Å²) in [6.07, 6.45) is 1.53. The van der Waals surface area contributed by atoms with Crippen LogP contribution in [0.2, 0.25) is 0 Å². The minimum Gasteiger partial charge on any atom is -0.493 e. The Balaban J connectivity index is 1.86. The molecule has 118 valence electrons. The number of ether oxygens (including phenoxy) is 1. The predicted octanol–water partition coefficient (Wildman–Crippen LogP) is 3.67. The van der Waals surface area contributed by atoms with E-state index in [0.717, 1.165) is 11.6 Å². The van der Waals surface area contributed by atoms with Crippen molar-refractivity contribution in [2.45, 2.75) is 6.54 Å². The van der Waals surface area contributed by atoms with Crippen LogP contribution in [0.4, 0.5) is 18.9 Å². The van der Waals surface area contributed by atoms with E-state index in [1.807, 2.05) is 18.2 Å². The maximum Gasteiger partial charge on any atom is 0.203 e. The molecule has 0 spiro atoms. The second kappa shape index (κ2) is 6.12. The second-order valence-electron chi connectivity index (χ2n) is 4.77. The van der Waals surface area contributed by atoms with Gasteiger partial charge in [0.15, 0.2) is 17.4 Å². The molecule has 2 aromatic carbocycles. The minimum atomic E-state index is -1.59. The minimum absolute atomic E-state index is 0.100. The molecular weight excluding hydrogens is 307 g/mol. The summed E-state index contributed by atoms with van der Waals surface area (Å²) in [4.78, 5) is 8.58. The Kier molecular flexibility index (Phi) is 4.01.